The van der Waals surface area contributed by atoms with Crippen LogP contribution in [0.4, 0.5) is 10.2 Å². The van der Waals surface area contributed by atoms with Gasteiger partial charge in [-0.3, -0.25) is 4.79 Å². The van der Waals surface area contributed by atoms with Gasteiger partial charge in [0, 0.05) is 25.7 Å². The van der Waals surface area contributed by atoms with E-state index in [0.717, 1.165) is 11.1 Å². The summed E-state index contributed by atoms with van der Waals surface area (Å²) in [4.78, 5) is 39.2. The lowest BCUT2D eigenvalue weighted by molar-refractivity contribution is -0.126. The van der Waals surface area contributed by atoms with Crippen molar-refractivity contribution in [1.82, 2.24) is 19.4 Å². The molecule has 8 nitrogen and oxygen atoms in total. The fourth-order valence-corrected chi connectivity index (χ4v) is 5.80. The first kappa shape index (κ1) is 28.3. The van der Waals surface area contributed by atoms with E-state index in [1.165, 1.54) is 28.8 Å². The van der Waals surface area contributed by atoms with Crippen molar-refractivity contribution in [2.24, 2.45) is 0 Å². The summed E-state index contributed by atoms with van der Waals surface area (Å²) >= 11 is 6.73. The Bertz CT molecular complexity index is 1700. The summed E-state index contributed by atoms with van der Waals surface area (Å²) in [5, 5.41) is 11.2. The van der Waals surface area contributed by atoms with Gasteiger partial charge in [-0.25, -0.2) is 18.7 Å². The Morgan fingerprint density at radius 3 is 2.44 bits per heavy atom. The molecular weight excluding hydrogens is 545 g/mol. The largest absolute Gasteiger partial charge is 0.507 e. The first-order chi connectivity index (χ1) is 19.7. The van der Waals surface area contributed by atoms with Crippen molar-refractivity contribution >= 4 is 34.4 Å². The molecule has 1 amide bonds. The van der Waals surface area contributed by atoms with Crippen molar-refractivity contribution in [2.75, 3.05) is 24.5 Å². The molecule has 0 unspecified atom stereocenters. The lowest BCUT2D eigenvalue weighted by atomic mass is 10.0. The second-order valence-electron chi connectivity index (χ2n) is 10.0. The number of phenolic OH excluding ortho intramolecular Hbond substituents is 1. The number of aryl methyl sites for hydroxylation is 2. The normalized spacial score (nSPS) is 15.4. The number of hydrogen-bond donors (Lipinski definition) is 1. The number of pyridine rings is 1. The van der Waals surface area contributed by atoms with Crippen molar-refractivity contribution in [1.29, 1.82) is 0 Å². The number of amides is 1. The molecule has 0 saturated carbocycles. The van der Waals surface area contributed by atoms with Gasteiger partial charge in [-0.15, -0.1) is 0 Å². The third kappa shape index (κ3) is 4.95. The third-order valence-electron chi connectivity index (χ3n) is 7.60. The van der Waals surface area contributed by atoms with Crippen LogP contribution in [0.15, 0.2) is 59.9 Å². The Labute approximate surface area is 242 Å². The van der Waals surface area contributed by atoms with Crippen LogP contribution in [0.2, 0.25) is 5.02 Å². The van der Waals surface area contributed by atoms with Gasteiger partial charge in [0.05, 0.1) is 27.4 Å². The zero-order valence-corrected chi connectivity index (χ0v) is 24.0. The monoisotopic (exact) mass is 575 g/mol. The van der Waals surface area contributed by atoms with Gasteiger partial charge in [-0.05, 0) is 55.2 Å². The standard InChI is InChI=1S/C31H31ClFN5O3/c1-5-19-10-8-11-20(6-2)28(19)38-30-21(16-22(32)27(34-30)26-23(33)12-9-13-24(26)39)29(35-31(38)41)37-15-14-36(17-18(37)4)25(40)7-3/h7-13,16,18,39H,3,5-6,14-15,17H2,1-2,4H3/t18-/m0/s1. The Kier molecular flexibility index (Phi) is 7.82. The second-order valence-corrected chi connectivity index (χ2v) is 10.4. The summed E-state index contributed by atoms with van der Waals surface area (Å²) in [6.45, 7) is 10.8. The van der Waals surface area contributed by atoms with Crippen molar-refractivity contribution in [3.63, 3.8) is 0 Å². The molecule has 0 aliphatic carbocycles. The van der Waals surface area contributed by atoms with E-state index in [2.05, 4.69) is 11.6 Å². The number of benzene rings is 2. The number of aromatic hydroxyl groups is 1. The number of fused-ring (bicyclic) bond motifs is 1. The molecule has 5 rings (SSSR count). The molecule has 4 aromatic rings. The van der Waals surface area contributed by atoms with E-state index in [1.54, 1.807) is 11.0 Å². The number of halogens is 2. The second kappa shape index (κ2) is 11.3. The number of phenols is 1. The van der Waals surface area contributed by atoms with Crippen LogP contribution in [0.25, 0.3) is 28.0 Å². The summed E-state index contributed by atoms with van der Waals surface area (Å²) < 4.78 is 16.5. The van der Waals surface area contributed by atoms with Gasteiger partial charge in [0.25, 0.3) is 0 Å². The number of para-hydroxylation sites is 1. The molecule has 2 aromatic carbocycles. The maximum atomic E-state index is 15.0. The van der Waals surface area contributed by atoms with Gasteiger partial charge in [-0.1, -0.05) is 56.3 Å². The van der Waals surface area contributed by atoms with E-state index in [0.29, 0.717) is 49.4 Å². The van der Waals surface area contributed by atoms with Crippen LogP contribution in [0.3, 0.4) is 0 Å². The van der Waals surface area contributed by atoms with Crippen LogP contribution < -0.4 is 10.6 Å². The molecule has 212 valence electrons. The molecule has 1 saturated heterocycles. The first-order valence-corrected chi connectivity index (χ1v) is 14.0. The van der Waals surface area contributed by atoms with E-state index >= 15 is 4.39 Å². The van der Waals surface area contributed by atoms with Gasteiger partial charge < -0.3 is 14.9 Å². The van der Waals surface area contributed by atoms with Crippen molar-refractivity contribution in [2.45, 2.75) is 39.7 Å². The highest BCUT2D eigenvalue weighted by Gasteiger charge is 2.30. The molecule has 1 aliphatic heterocycles. The van der Waals surface area contributed by atoms with Gasteiger partial charge in [0.2, 0.25) is 5.91 Å². The average molecular weight is 576 g/mol. The van der Waals surface area contributed by atoms with Gasteiger partial charge in [0.15, 0.2) is 5.65 Å². The molecule has 2 aromatic heterocycles. The van der Waals surface area contributed by atoms with Crippen LogP contribution in [-0.2, 0) is 17.6 Å². The smallest absolute Gasteiger partial charge is 0.355 e. The topological polar surface area (TPSA) is 91.6 Å². The van der Waals surface area contributed by atoms with Gasteiger partial charge >= 0.3 is 5.69 Å². The quantitative estimate of drug-likeness (QED) is 0.314. The summed E-state index contributed by atoms with van der Waals surface area (Å²) in [5.74, 6) is -0.791. The van der Waals surface area contributed by atoms with Crippen LogP contribution in [0.1, 0.15) is 31.9 Å². The first-order valence-electron chi connectivity index (χ1n) is 13.6. The van der Waals surface area contributed by atoms with Crippen molar-refractivity contribution in [3.8, 4) is 22.7 Å². The van der Waals surface area contributed by atoms with E-state index in [1.807, 2.05) is 43.9 Å². The molecule has 10 heteroatoms. The summed E-state index contributed by atoms with van der Waals surface area (Å²) in [7, 11) is 0. The molecule has 0 radical (unpaired) electrons. The SMILES string of the molecule is C=CC(=O)N1CCN(c2nc(=O)n(-c3c(CC)cccc3CC)c3nc(-c4c(O)cccc4F)c(Cl)cc23)[C@@H](C)C1. The average Bonchev–Trinajstić information content (AvgIpc) is 2.96. The number of hydrogen-bond acceptors (Lipinski definition) is 6. The molecule has 41 heavy (non-hydrogen) atoms. The Morgan fingerprint density at radius 2 is 1.83 bits per heavy atom. The van der Waals surface area contributed by atoms with Crippen LogP contribution in [0, 0.1) is 5.82 Å². The van der Waals surface area contributed by atoms with Crippen LogP contribution in [-0.4, -0.2) is 56.1 Å². The maximum absolute atomic E-state index is 15.0. The number of anilines is 1. The molecular formula is C31H31ClFN5O3. The number of nitrogens with zero attached hydrogens (tertiary/aromatic N) is 5. The van der Waals surface area contributed by atoms with E-state index in [-0.39, 0.29) is 39.6 Å². The highest BCUT2D eigenvalue weighted by molar-refractivity contribution is 6.34. The molecule has 0 bridgehead atoms. The fraction of sp³-hybridized carbons (Fsp3) is 0.290. The zero-order chi connectivity index (χ0) is 29.4. The van der Waals surface area contributed by atoms with Gasteiger partial charge in [-0.2, -0.15) is 4.98 Å². The number of carbonyl (C=O) groups is 1. The molecule has 1 N–H and O–H groups in total. The summed E-state index contributed by atoms with van der Waals surface area (Å²) in [6, 6.07) is 11.3. The molecule has 3 heterocycles. The highest BCUT2D eigenvalue weighted by Crippen LogP contribution is 2.39. The Hall–Kier alpha value is -4.24. The summed E-state index contributed by atoms with van der Waals surface area (Å²) in [6.07, 6.45) is 2.60. The molecule has 1 atom stereocenters. The van der Waals surface area contributed by atoms with Crippen LogP contribution >= 0.6 is 11.6 Å². The van der Waals surface area contributed by atoms with E-state index in [9.17, 15) is 14.7 Å². The predicted octanol–water partition coefficient (Wildman–Crippen LogP) is 5.29. The number of rotatable bonds is 6. The predicted molar refractivity (Wildman–Crippen MR) is 160 cm³/mol. The van der Waals surface area contributed by atoms with Crippen molar-refractivity contribution < 1.29 is 14.3 Å². The molecule has 0 spiro atoms. The Balaban J connectivity index is 1.83. The lowest BCUT2D eigenvalue weighted by Gasteiger charge is -2.40. The van der Waals surface area contributed by atoms with Crippen molar-refractivity contribution in [3.05, 3.63) is 87.6 Å². The van der Waals surface area contributed by atoms with Crippen LogP contribution in [0.5, 0.6) is 5.75 Å². The van der Waals surface area contributed by atoms with E-state index in [4.69, 9.17) is 16.6 Å². The minimum Gasteiger partial charge on any atom is -0.507 e. The molecule has 1 aliphatic rings. The maximum Gasteiger partial charge on any atom is 0.355 e. The number of piperazine rings is 1. The van der Waals surface area contributed by atoms with E-state index < -0.39 is 11.5 Å². The molecule has 1 fully saturated rings. The number of carbonyl (C=O) groups excluding carboxylic acids is 1. The minimum atomic E-state index is -0.693. The fourth-order valence-electron chi connectivity index (χ4n) is 5.55. The Morgan fingerprint density at radius 1 is 1.15 bits per heavy atom. The summed E-state index contributed by atoms with van der Waals surface area (Å²) in [5.41, 5.74) is 2.11. The number of aromatic nitrogens is 3. The zero-order valence-electron chi connectivity index (χ0n) is 23.2. The van der Waals surface area contributed by atoms with Gasteiger partial charge in [0.1, 0.15) is 17.4 Å². The third-order valence-corrected chi connectivity index (χ3v) is 7.89. The lowest BCUT2D eigenvalue weighted by Crippen LogP contribution is -2.54. The highest BCUT2D eigenvalue weighted by atomic mass is 35.5. The minimum absolute atomic E-state index is 0.0153.